The summed E-state index contributed by atoms with van der Waals surface area (Å²) >= 11 is 0. The summed E-state index contributed by atoms with van der Waals surface area (Å²) in [5.74, 6) is 0.539. The fraction of sp³-hybridized carbons (Fsp3) is 0.333. The van der Waals surface area contributed by atoms with Crippen LogP contribution >= 0.6 is 0 Å². The molecule has 0 bridgehead atoms. The number of carbonyl (C=O) groups excluding carboxylic acids is 1. The van der Waals surface area contributed by atoms with Crippen LogP contribution in [-0.2, 0) is 7.05 Å². The van der Waals surface area contributed by atoms with E-state index in [1.54, 1.807) is 24.0 Å². The van der Waals surface area contributed by atoms with Crippen LogP contribution < -0.4 is 10.6 Å². The van der Waals surface area contributed by atoms with Crippen LogP contribution in [0.5, 0.6) is 0 Å². The highest BCUT2D eigenvalue weighted by Crippen LogP contribution is 2.16. The van der Waals surface area contributed by atoms with Crippen molar-refractivity contribution in [2.24, 2.45) is 7.05 Å². The Balaban J connectivity index is 2.00. The summed E-state index contributed by atoms with van der Waals surface area (Å²) in [4.78, 5) is 11.9. The Bertz CT molecular complexity index is 598. The van der Waals surface area contributed by atoms with Crippen LogP contribution in [-0.4, -0.2) is 15.8 Å². The van der Waals surface area contributed by atoms with E-state index in [4.69, 9.17) is 0 Å². The van der Waals surface area contributed by atoms with Crippen LogP contribution in [0.1, 0.15) is 29.7 Å². The molecule has 2 amide bonds. The lowest BCUT2D eigenvalue weighted by molar-refractivity contribution is 0.249. The third kappa shape index (κ3) is 3.60. The zero-order valence-corrected chi connectivity index (χ0v) is 12.3. The topological polar surface area (TPSA) is 59.0 Å². The second kappa shape index (κ2) is 5.77. The Morgan fingerprint density at radius 2 is 1.90 bits per heavy atom. The van der Waals surface area contributed by atoms with Gasteiger partial charge in [0.2, 0.25) is 0 Å². The number of urea groups is 1. The highest BCUT2D eigenvalue weighted by molar-refractivity contribution is 5.88. The summed E-state index contributed by atoms with van der Waals surface area (Å²) in [6.07, 6.45) is 1.78. The first-order valence-corrected chi connectivity index (χ1v) is 6.59. The summed E-state index contributed by atoms with van der Waals surface area (Å²) in [6, 6.07) is 7.72. The number of hydrogen-bond acceptors (Lipinski definition) is 2. The van der Waals surface area contributed by atoms with Crippen LogP contribution in [0.3, 0.4) is 0 Å². The van der Waals surface area contributed by atoms with E-state index in [0.717, 1.165) is 5.56 Å². The molecule has 1 heterocycles. The smallest absolute Gasteiger partial charge is 0.320 e. The van der Waals surface area contributed by atoms with Crippen molar-refractivity contribution < 1.29 is 4.79 Å². The van der Waals surface area contributed by atoms with Gasteiger partial charge in [0, 0.05) is 19.3 Å². The van der Waals surface area contributed by atoms with Gasteiger partial charge in [0.1, 0.15) is 0 Å². The minimum Gasteiger partial charge on any atom is -0.331 e. The van der Waals surface area contributed by atoms with E-state index in [9.17, 15) is 4.79 Å². The quantitative estimate of drug-likeness (QED) is 0.902. The Labute approximate surface area is 119 Å². The summed E-state index contributed by atoms with van der Waals surface area (Å²) in [6.45, 7) is 6.07. The first-order chi connectivity index (χ1) is 9.44. The normalized spacial score (nSPS) is 12.0. The molecule has 106 valence electrons. The fourth-order valence-corrected chi connectivity index (χ4v) is 2.17. The van der Waals surface area contributed by atoms with Crippen molar-refractivity contribution in [3.8, 4) is 0 Å². The first kappa shape index (κ1) is 14.1. The van der Waals surface area contributed by atoms with E-state index in [2.05, 4.69) is 47.8 Å². The number of nitrogens with one attached hydrogen (secondary N) is 2. The third-order valence-corrected chi connectivity index (χ3v) is 3.05. The average Bonchev–Trinajstić information content (AvgIpc) is 2.73. The van der Waals surface area contributed by atoms with Crippen molar-refractivity contribution in [1.82, 2.24) is 15.1 Å². The number of hydrogen-bond donors (Lipinski definition) is 2. The molecule has 1 atom stereocenters. The number of nitrogens with zero attached hydrogens (tertiary/aromatic N) is 2. The lowest BCUT2D eigenvalue weighted by Crippen LogP contribution is -2.31. The largest absolute Gasteiger partial charge is 0.331 e. The van der Waals surface area contributed by atoms with Crippen molar-refractivity contribution in [3.63, 3.8) is 0 Å². The Kier molecular flexibility index (Phi) is 4.08. The SMILES string of the molecule is Cc1cc(C)cc([C@@H](C)NC(=O)Nc2ccn(C)n2)c1. The minimum atomic E-state index is -0.254. The Morgan fingerprint density at radius 1 is 1.25 bits per heavy atom. The van der Waals surface area contributed by atoms with Gasteiger partial charge in [-0.15, -0.1) is 0 Å². The van der Waals surface area contributed by atoms with Crippen LogP contribution in [0, 0.1) is 13.8 Å². The predicted octanol–water partition coefficient (Wildman–Crippen LogP) is 2.92. The number of benzene rings is 1. The fourth-order valence-electron chi connectivity index (χ4n) is 2.17. The van der Waals surface area contributed by atoms with Crippen molar-refractivity contribution in [2.45, 2.75) is 26.8 Å². The predicted molar refractivity (Wildman–Crippen MR) is 79.7 cm³/mol. The van der Waals surface area contributed by atoms with Gasteiger partial charge >= 0.3 is 6.03 Å². The molecule has 0 radical (unpaired) electrons. The number of aryl methyl sites for hydroxylation is 3. The Morgan fingerprint density at radius 3 is 2.45 bits per heavy atom. The van der Waals surface area contributed by atoms with E-state index in [1.165, 1.54) is 11.1 Å². The molecule has 0 saturated heterocycles. The van der Waals surface area contributed by atoms with Gasteiger partial charge in [-0.3, -0.25) is 10.00 Å². The van der Waals surface area contributed by atoms with Crippen LogP contribution in [0.4, 0.5) is 10.6 Å². The lowest BCUT2D eigenvalue weighted by atomic mass is 10.0. The van der Waals surface area contributed by atoms with Crippen molar-refractivity contribution in [1.29, 1.82) is 0 Å². The van der Waals surface area contributed by atoms with Gasteiger partial charge in [0.15, 0.2) is 5.82 Å². The number of rotatable bonds is 3. The lowest BCUT2D eigenvalue weighted by Gasteiger charge is -2.15. The maximum atomic E-state index is 11.9. The molecule has 0 aliphatic carbocycles. The number of anilines is 1. The van der Waals surface area contributed by atoms with Crippen LogP contribution in [0.2, 0.25) is 0 Å². The van der Waals surface area contributed by atoms with Crippen LogP contribution in [0.25, 0.3) is 0 Å². The maximum Gasteiger partial charge on any atom is 0.320 e. The first-order valence-electron chi connectivity index (χ1n) is 6.59. The molecule has 1 aromatic carbocycles. The molecule has 5 nitrogen and oxygen atoms in total. The molecule has 2 N–H and O–H groups in total. The molecule has 0 aliphatic heterocycles. The molecule has 0 fully saturated rings. The summed E-state index contributed by atoms with van der Waals surface area (Å²) in [5, 5.41) is 9.72. The van der Waals surface area contributed by atoms with Gasteiger partial charge in [-0.2, -0.15) is 5.10 Å². The molecule has 1 aromatic heterocycles. The molecule has 2 aromatic rings. The number of aromatic nitrogens is 2. The zero-order chi connectivity index (χ0) is 14.7. The van der Waals surface area contributed by atoms with E-state index < -0.39 is 0 Å². The number of carbonyl (C=O) groups is 1. The standard InChI is InChI=1S/C15H20N4O/c1-10-7-11(2)9-13(8-10)12(3)16-15(20)17-14-5-6-19(4)18-14/h5-9,12H,1-4H3,(H2,16,17,18,20)/t12-/m1/s1. The van der Waals surface area contributed by atoms with Gasteiger partial charge in [-0.25, -0.2) is 4.79 Å². The maximum absolute atomic E-state index is 11.9. The second-order valence-corrected chi connectivity index (χ2v) is 5.12. The molecule has 0 saturated carbocycles. The van der Waals surface area contributed by atoms with Gasteiger partial charge in [0.05, 0.1) is 6.04 Å². The molecular formula is C15H20N4O. The second-order valence-electron chi connectivity index (χ2n) is 5.12. The van der Waals surface area contributed by atoms with Gasteiger partial charge in [-0.05, 0) is 26.3 Å². The summed E-state index contributed by atoms with van der Waals surface area (Å²) < 4.78 is 1.64. The minimum absolute atomic E-state index is 0.0580. The highest BCUT2D eigenvalue weighted by Gasteiger charge is 2.11. The van der Waals surface area contributed by atoms with Crippen molar-refractivity contribution in [2.75, 3.05) is 5.32 Å². The van der Waals surface area contributed by atoms with E-state index >= 15 is 0 Å². The molecule has 0 unspecified atom stereocenters. The third-order valence-electron chi connectivity index (χ3n) is 3.05. The molecule has 20 heavy (non-hydrogen) atoms. The summed E-state index contributed by atoms with van der Waals surface area (Å²) in [7, 11) is 1.81. The summed E-state index contributed by atoms with van der Waals surface area (Å²) in [5.41, 5.74) is 3.48. The molecule has 2 rings (SSSR count). The van der Waals surface area contributed by atoms with E-state index in [1.807, 2.05) is 6.92 Å². The number of amides is 2. The zero-order valence-electron chi connectivity index (χ0n) is 12.3. The average molecular weight is 272 g/mol. The van der Waals surface area contributed by atoms with Gasteiger partial charge in [-0.1, -0.05) is 29.3 Å². The van der Waals surface area contributed by atoms with E-state index in [-0.39, 0.29) is 12.1 Å². The molecule has 0 aliphatic rings. The Hall–Kier alpha value is -2.30. The van der Waals surface area contributed by atoms with Gasteiger partial charge in [0.25, 0.3) is 0 Å². The monoisotopic (exact) mass is 272 g/mol. The van der Waals surface area contributed by atoms with Crippen molar-refractivity contribution >= 4 is 11.8 Å². The highest BCUT2D eigenvalue weighted by atomic mass is 16.2. The van der Waals surface area contributed by atoms with Crippen LogP contribution in [0.15, 0.2) is 30.5 Å². The molecule has 5 heteroatoms. The van der Waals surface area contributed by atoms with Crippen molar-refractivity contribution in [3.05, 3.63) is 47.2 Å². The molecule has 0 spiro atoms. The van der Waals surface area contributed by atoms with E-state index in [0.29, 0.717) is 5.82 Å². The molecular weight excluding hydrogens is 252 g/mol. The van der Waals surface area contributed by atoms with Gasteiger partial charge < -0.3 is 5.32 Å².